The smallest absolute Gasteiger partial charge is 0.363 e. The molecule has 0 amide bonds. The highest BCUT2D eigenvalue weighted by atomic mass is 35.5. The van der Waals surface area contributed by atoms with Crippen molar-refractivity contribution >= 4 is 35.5 Å². The fraction of sp³-hybridized carbons (Fsp3) is 0.0417. The molecule has 1 aliphatic rings. The fourth-order valence-corrected chi connectivity index (χ4v) is 3.03. The van der Waals surface area contributed by atoms with Crippen LogP contribution in [-0.2, 0) is 14.3 Å². The first-order valence-electron chi connectivity index (χ1n) is 9.32. The predicted molar refractivity (Wildman–Crippen MR) is 116 cm³/mol. The molecule has 0 unspecified atom stereocenters. The van der Waals surface area contributed by atoms with Gasteiger partial charge in [-0.3, -0.25) is 4.79 Å². The minimum absolute atomic E-state index is 0.0757. The van der Waals surface area contributed by atoms with Crippen molar-refractivity contribution in [2.45, 2.75) is 6.92 Å². The lowest BCUT2D eigenvalue weighted by Crippen LogP contribution is -2.10. The standard InChI is InChI=1S/C24H16ClNO5/c1-15(27)29-21-8-4-2-6-18(21)23-26-20(24(28)31-23)14-16-10-12-17(13-11-16)30-22-9-5-3-7-19(22)25/h2-14H,1H3/b20-14-. The van der Waals surface area contributed by atoms with Crippen molar-refractivity contribution in [3.05, 3.63) is 94.6 Å². The lowest BCUT2D eigenvalue weighted by atomic mass is 10.2. The number of cyclic esters (lactones) is 1. The maximum Gasteiger partial charge on any atom is 0.363 e. The Bertz CT molecular complexity index is 1210. The van der Waals surface area contributed by atoms with Gasteiger partial charge in [-0.1, -0.05) is 48.0 Å². The molecule has 7 heteroatoms. The average Bonchev–Trinajstić information content (AvgIpc) is 3.11. The molecular formula is C24H16ClNO5. The first-order valence-corrected chi connectivity index (χ1v) is 9.70. The second kappa shape index (κ2) is 8.85. The Morgan fingerprint density at radius 1 is 0.968 bits per heavy atom. The van der Waals surface area contributed by atoms with Crippen LogP contribution in [0.25, 0.3) is 6.08 Å². The number of benzene rings is 3. The minimum Gasteiger partial charge on any atom is -0.456 e. The van der Waals surface area contributed by atoms with Crippen molar-refractivity contribution in [3.8, 4) is 17.2 Å². The zero-order chi connectivity index (χ0) is 21.8. The molecule has 0 saturated carbocycles. The number of para-hydroxylation sites is 2. The molecule has 3 aromatic rings. The number of carbonyl (C=O) groups excluding carboxylic acids is 2. The molecule has 1 aliphatic heterocycles. The summed E-state index contributed by atoms with van der Waals surface area (Å²) in [5.41, 5.74) is 1.28. The number of ether oxygens (including phenoxy) is 3. The summed E-state index contributed by atoms with van der Waals surface area (Å²) in [6.07, 6.45) is 1.60. The van der Waals surface area contributed by atoms with Gasteiger partial charge in [0.2, 0.25) is 5.90 Å². The van der Waals surface area contributed by atoms with E-state index >= 15 is 0 Å². The van der Waals surface area contributed by atoms with Crippen molar-refractivity contribution in [2.75, 3.05) is 0 Å². The van der Waals surface area contributed by atoms with Crippen molar-refractivity contribution in [1.82, 2.24) is 0 Å². The zero-order valence-electron chi connectivity index (χ0n) is 16.4. The predicted octanol–water partition coefficient (Wildman–Crippen LogP) is 5.40. The summed E-state index contributed by atoms with van der Waals surface area (Å²) in [6.45, 7) is 1.30. The molecule has 3 aromatic carbocycles. The van der Waals surface area contributed by atoms with E-state index < -0.39 is 11.9 Å². The van der Waals surface area contributed by atoms with Crippen LogP contribution in [-0.4, -0.2) is 17.8 Å². The molecular weight excluding hydrogens is 418 g/mol. The summed E-state index contributed by atoms with van der Waals surface area (Å²) < 4.78 is 16.2. The van der Waals surface area contributed by atoms with Gasteiger partial charge in [0.15, 0.2) is 5.70 Å². The number of carbonyl (C=O) groups is 2. The van der Waals surface area contributed by atoms with Gasteiger partial charge >= 0.3 is 11.9 Å². The third-order valence-electron chi connectivity index (χ3n) is 4.24. The number of hydrogen-bond acceptors (Lipinski definition) is 6. The van der Waals surface area contributed by atoms with Crippen LogP contribution < -0.4 is 9.47 Å². The van der Waals surface area contributed by atoms with Gasteiger partial charge < -0.3 is 14.2 Å². The van der Waals surface area contributed by atoms with E-state index in [1.54, 1.807) is 66.7 Å². The number of rotatable bonds is 5. The molecule has 0 aliphatic carbocycles. The normalized spacial score (nSPS) is 14.2. The molecule has 0 spiro atoms. The Labute approximate surface area is 183 Å². The number of aliphatic imine (C=N–C) groups is 1. The van der Waals surface area contributed by atoms with Gasteiger partial charge in [-0.05, 0) is 48.0 Å². The Kier molecular flexibility index (Phi) is 5.82. The number of hydrogen-bond donors (Lipinski definition) is 0. The summed E-state index contributed by atoms with van der Waals surface area (Å²) in [5.74, 6) is 0.422. The minimum atomic E-state index is -0.593. The van der Waals surface area contributed by atoms with Gasteiger partial charge in [0.1, 0.15) is 17.2 Å². The highest BCUT2D eigenvalue weighted by Gasteiger charge is 2.26. The largest absolute Gasteiger partial charge is 0.456 e. The van der Waals surface area contributed by atoms with Gasteiger partial charge in [-0.2, -0.15) is 0 Å². The zero-order valence-corrected chi connectivity index (χ0v) is 17.1. The second-order valence-corrected chi connectivity index (χ2v) is 6.93. The van der Waals surface area contributed by atoms with Gasteiger partial charge in [0.25, 0.3) is 0 Å². The molecule has 4 rings (SSSR count). The molecule has 1 heterocycles. The second-order valence-electron chi connectivity index (χ2n) is 6.53. The van der Waals surface area contributed by atoms with Crippen LogP contribution in [0.5, 0.6) is 17.2 Å². The molecule has 0 saturated heterocycles. The average molecular weight is 434 g/mol. The van der Waals surface area contributed by atoms with E-state index in [-0.39, 0.29) is 17.3 Å². The van der Waals surface area contributed by atoms with E-state index in [9.17, 15) is 9.59 Å². The maximum absolute atomic E-state index is 12.3. The van der Waals surface area contributed by atoms with Crippen LogP contribution in [0.2, 0.25) is 5.02 Å². The van der Waals surface area contributed by atoms with E-state index in [0.717, 1.165) is 5.56 Å². The molecule has 154 valence electrons. The lowest BCUT2D eigenvalue weighted by Gasteiger charge is -2.07. The van der Waals surface area contributed by atoms with Gasteiger partial charge in [-0.15, -0.1) is 0 Å². The summed E-state index contributed by atoms with van der Waals surface area (Å²) in [4.78, 5) is 27.9. The molecule has 0 atom stereocenters. The maximum atomic E-state index is 12.3. The van der Waals surface area contributed by atoms with Crippen molar-refractivity contribution in [2.24, 2.45) is 4.99 Å². The van der Waals surface area contributed by atoms with Crippen LogP contribution in [0.1, 0.15) is 18.1 Å². The summed E-state index contributed by atoms with van der Waals surface area (Å²) in [5, 5.41) is 0.512. The molecule has 0 bridgehead atoms. The third-order valence-corrected chi connectivity index (χ3v) is 4.55. The van der Waals surface area contributed by atoms with Crippen molar-refractivity contribution in [1.29, 1.82) is 0 Å². The number of esters is 2. The van der Waals surface area contributed by atoms with E-state index in [4.69, 9.17) is 25.8 Å². The van der Waals surface area contributed by atoms with Gasteiger partial charge in [0, 0.05) is 6.92 Å². The van der Waals surface area contributed by atoms with Gasteiger partial charge in [0.05, 0.1) is 10.6 Å². The van der Waals surface area contributed by atoms with Crippen LogP contribution in [0.3, 0.4) is 0 Å². The fourth-order valence-electron chi connectivity index (χ4n) is 2.86. The number of nitrogens with zero attached hydrogens (tertiary/aromatic N) is 1. The van der Waals surface area contributed by atoms with Crippen molar-refractivity contribution in [3.63, 3.8) is 0 Å². The van der Waals surface area contributed by atoms with Gasteiger partial charge in [-0.25, -0.2) is 9.79 Å². The highest BCUT2D eigenvalue weighted by Crippen LogP contribution is 2.30. The quantitative estimate of drug-likeness (QED) is 0.306. The van der Waals surface area contributed by atoms with Crippen LogP contribution >= 0.6 is 11.6 Å². The Hall–Kier alpha value is -3.90. The Morgan fingerprint density at radius 2 is 1.65 bits per heavy atom. The van der Waals surface area contributed by atoms with E-state index in [0.29, 0.717) is 22.1 Å². The monoisotopic (exact) mass is 433 g/mol. The molecule has 6 nitrogen and oxygen atoms in total. The molecule has 0 N–H and O–H groups in total. The lowest BCUT2D eigenvalue weighted by molar-refractivity contribution is -0.132. The molecule has 0 radical (unpaired) electrons. The highest BCUT2D eigenvalue weighted by molar-refractivity contribution is 6.32. The Balaban J connectivity index is 1.55. The first-order chi connectivity index (χ1) is 15.0. The van der Waals surface area contributed by atoms with Crippen LogP contribution in [0.4, 0.5) is 0 Å². The van der Waals surface area contributed by atoms with Crippen LogP contribution in [0.15, 0.2) is 83.5 Å². The first kappa shape index (κ1) is 20.4. The van der Waals surface area contributed by atoms with Crippen molar-refractivity contribution < 1.29 is 23.8 Å². The molecule has 0 aromatic heterocycles. The summed E-state index contributed by atoms with van der Waals surface area (Å²) >= 11 is 6.11. The van der Waals surface area contributed by atoms with E-state index in [1.807, 2.05) is 12.1 Å². The number of halogens is 1. The Morgan fingerprint density at radius 3 is 2.35 bits per heavy atom. The third kappa shape index (κ3) is 4.82. The summed E-state index contributed by atoms with van der Waals surface area (Å²) in [6, 6.07) is 21.0. The summed E-state index contributed by atoms with van der Waals surface area (Å²) in [7, 11) is 0. The molecule has 31 heavy (non-hydrogen) atoms. The van der Waals surface area contributed by atoms with Crippen LogP contribution in [0, 0.1) is 0 Å². The van der Waals surface area contributed by atoms with E-state index in [2.05, 4.69) is 4.99 Å². The van der Waals surface area contributed by atoms with E-state index in [1.165, 1.54) is 6.92 Å². The molecule has 0 fully saturated rings. The SMILES string of the molecule is CC(=O)Oc1ccccc1C1=N/C(=C\c2ccc(Oc3ccccc3Cl)cc2)C(=O)O1. The topological polar surface area (TPSA) is 74.2 Å².